The van der Waals surface area contributed by atoms with Crippen molar-refractivity contribution in [1.29, 1.82) is 0 Å². The SMILES string of the molecule is CC(C)N(CCCO)C(C)(C)CN. The second-order valence-electron chi connectivity index (χ2n) is 4.38. The number of hydrogen-bond donors (Lipinski definition) is 2. The molecule has 3 heteroatoms. The molecule has 0 aromatic heterocycles. The fraction of sp³-hybridized carbons (Fsp3) is 1.00. The first-order valence-corrected chi connectivity index (χ1v) is 5.03. The van der Waals surface area contributed by atoms with Crippen molar-refractivity contribution in [3.05, 3.63) is 0 Å². The van der Waals surface area contributed by atoms with E-state index in [0.717, 1.165) is 13.0 Å². The highest BCUT2D eigenvalue weighted by Gasteiger charge is 2.26. The van der Waals surface area contributed by atoms with Crippen LogP contribution in [0.2, 0.25) is 0 Å². The Morgan fingerprint density at radius 2 is 1.92 bits per heavy atom. The average Bonchev–Trinajstić information content (AvgIpc) is 2.04. The summed E-state index contributed by atoms with van der Waals surface area (Å²) in [4.78, 5) is 2.34. The maximum absolute atomic E-state index is 8.78. The number of aliphatic hydroxyl groups is 1. The first-order chi connectivity index (χ1) is 5.95. The molecule has 3 nitrogen and oxygen atoms in total. The summed E-state index contributed by atoms with van der Waals surface area (Å²) in [5.74, 6) is 0. The van der Waals surface area contributed by atoms with E-state index in [4.69, 9.17) is 10.8 Å². The zero-order valence-electron chi connectivity index (χ0n) is 9.38. The minimum atomic E-state index is 0.0311. The molecule has 0 bridgehead atoms. The van der Waals surface area contributed by atoms with Crippen LogP contribution in [-0.2, 0) is 0 Å². The number of nitrogens with zero attached hydrogens (tertiary/aromatic N) is 1. The second kappa shape index (κ2) is 5.58. The molecule has 0 saturated carbocycles. The third-order valence-electron chi connectivity index (χ3n) is 2.46. The van der Waals surface area contributed by atoms with Crippen LogP contribution in [0.4, 0.5) is 0 Å². The summed E-state index contributed by atoms with van der Waals surface area (Å²) in [5, 5.41) is 8.78. The molecule has 0 atom stereocenters. The van der Waals surface area contributed by atoms with Crippen LogP contribution in [0.3, 0.4) is 0 Å². The molecule has 80 valence electrons. The van der Waals surface area contributed by atoms with Gasteiger partial charge in [-0.15, -0.1) is 0 Å². The number of nitrogens with two attached hydrogens (primary N) is 1. The zero-order chi connectivity index (χ0) is 10.5. The quantitative estimate of drug-likeness (QED) is 0.649. The molecule has 0 fully saturated rings. The lowest BCUT2D eigenvalue weighted by Crippen LogP contribution is -2.52. The smallest absolute Gasteiger partial charge is 0.0443 e. The van der Waals surface area contributed by atoms with Gasteiger partial charge in [-0.25, -0.2) is 0 Å². The van der Waals surface area contributed by atoms with Gasteiger partial charge in [-0.05, 0) is 34.1 Å². The minimum Gasteiger partial charge on any atom is -0.396 e. The Morgan fingerprint density at radius 1 is 1.38 bits per heavy atom. The van der Waals surface area contributed by atoms with E-state index in [2.05, 4.69) is 32.6 Å². The number of hydrogen-bond acceptors (Lipinski definition) is 3. The molecule has 0 heterocycles. The van der Waals surface area contributed by atoms with Gasteiger partial charge >= 0.3 is 0 Å². The first-order valence-electron chi connectivity index (χ1n) is 5.03. The van der Waals surface area contributed by atoms with Crippen molar-refractivity contribution >= 4 is 0 Å². The standard InChI is InChI=1S/C10H24N2O/c1-9(2)12(6-5-7-13)10(3,4)8-11/h9,13H,5-8,11H2,1-4H3. The summed E-state index contributed by atoms with van der Waals surface area (Å²) in [5.41, 5.74) is 5.74. The van der Waals surface area contributed by atoms with Crippen molar-refractivity contribution in [2.24, 2.45) is 5.73 Å². The second-order valence-corrected chi connectivity index (χ2v) is 4.38. The van der Waals surface area contributed by atoms with Gasteiger partial charge in [0.15, 0.2) is 0 Å². The minimum absolute atomic E-state index is 0.0311. The highest BCUT2D eigenvalue weighted by atomic mass is 16.3. The molecule has 0 amide bonds. The van der Waals surface area contributed by atoms with Crippen LogP contribution < -0.4 is 5.73 Å². The molecule has 0 spiro atoms. The zero-order valence-corrected chi connectivity index (χ0v) is 9.38. The van der Waals surface area contributed by atoms with Gasteiger partial charge in [-0.1, -0.05) is 0 Å². The Morgan fingerprint density at radius 3 is 2.23 bits per heavy atom. The number of rotatable bonds is 6. The molecule has 0 rings (SSSR count). The van der Waals surface area contributed by atoms with Crippen LogP contribution in [0.1, 0.15) is 34.1 Å². The molecule has 0 aromatic rings. The monoisotopic (exact) mass is 188 g/mol. The Kier molecular flexibility index (Phi) is 5.53. The summed E-state index contributed by atoms with van der Waals surface area (Å²) in [6.07, 6.45) is 0.821. The maximum Gasteiger partial charge on any atom is 0.0443 e. The van der Waals surface area contributed by atoms with Crippen LogP contribution in [-0.4, -0.2) is 41.3 Å². The van der Waals surface area contributed by atoms with Crippen molar-refractivity contribution in [3.63, 3.8) is 0 Å². The predicted molar refractivity (Wildman–Crippen MR) is 56.7 cm³/mol. The van der Waals surface area contributed by atoms with Crippen LogP contribution >= 0.6 is 0 Å². The van der Waals surface area contributed by atoms with Crippen LogP contribution in [0.25, 0.3) is 0 Å². The Labute approximate surface area is 81.9 Å². The largest absolute Gasteiger partial charge is 0.396 e. The van der Waals surface area contributed by atoms with Gasteiger partial charge in [-0.2, -0.15) is 0 Å². The third-order valence-corrected chi connectivity index (χ3v) is 2.46. The third kappa shape index (κ3) is 4.07. The van der Waals surface area contributed by atoms with Gasteiger partial charge in [0.2, 0.25) is 0 Å². The molecule has 3 N–H and O–H groups in total. The highest BCUT2D eigenvalue weighted by molar-refractivity contribution is 4.84. The van der Waals surface area contributed by atoms with E-state index in [0.29, 0.717) is 12.6 Å². The summed E-state index contributed by atoms with van der Waals surface area (Å²) < 4.78 is 0. The van der Waals surface area contributed by atoms with E-state index >= 15 is 0 Å². The number of aliphatic hydroxyl groups excluding tert-OH is 1. The van der Waals surface area contributed by atoms with E-state index in [1.54, 1.807) is 0 Å². The fourth-order valence-corrected chi connectivity index (χ4v) is 1.62. The maximum atomic E-state index is 8.78. The lowest BCUT2D eigenvalue weighted by Gasteiger charge is -2.40. The van der Waals surface area contributed by atoms with Crippen molar-refractivity contribution in [2.75, 3.05) is 19.7 Å². The Bertz CT molecular complexity index is 135. The lowest BCUT2D eigenvalue weighted by atomic mass is 10.0. The molecule has 0 radical (unpaired) electrons. The van der Waals surface area contributed by atoms with E-state index in [1.165, 1.54) is 0 Å². The van der Waals surface area contributed by atoms with Gasteiger partial charge in [0.05, 0.1) is 0 Å². The molecule has 0 aliphatic carbocycles. The first kappa shape index (κ1) is 12.9. The van der Waals surface area contributed by atoms with Gasteiger partial charge < -0.3 is 10.8 Å². The molecular weight excluding hydrogens is 164 g/mol. The van der Waals surface area contributed by atoms with Crippen molar-refractivity contribution in [3.8, 4) is 0 Å². The normalized spacial score (nSPS) is 12.9. The highest BCUT2D eigenvalue weighted by Crippen LogP contribution is 2.16. The molecule has 0 aromatic carbocycles. The van der Waals surface area contributed by atoms with Crippen LogP contribution in [0.5, 0.6) is 0 Å². The van der Waals surface area contributed by atoms with Crippen molar-refractivity contribution < 1.29 is 5.11 Å². The fourth-order valence-electron chi connectivity index (χ4n) is 1.62. The summed E-state index contributed by atoms with van der Waals surface area (Å²) in [6.45, 7) is 10.4. The predicted octanol–water partition coefficient (Wildman–Crippen LogP) is 0.817. The van der Waals surface area contributed by atoms with Gasteiger partial charge in [-0.3, -0.25) is 4.90 Å². The molecule has 0 unspecified atom stereocenters. The van der Waals surface area contributed by atoms with Gasteiger partial charge in [0, 0.05) is 31.3 Å². The molecule has 0 aliphatic rings. The summed E-state index contributed by atoms with van der Waals surface area (Å²) >= 11 is 0. The average molecular weight is 188 g/mol. The van der Waals surface area contributed by atoms with E-state index in [1.807, 2.05) is 0 Å². The summed E-state index contributed by atoms with van der Waals surface area (Å²) in [7, 11) is 0. The topological polar surface area (TPSA) is 49.5 Å². The van der Waals surface area contributed by atoms with Gasteiger partial charge in [0.25, 0.3) is 0 Å². The Hall–Kier alpha value is -0.120. The lowest BCUT2D eigenvalue weighted by molar-refractivity contribution is 0.0820. The molecular formula is C10H24N2O. The van der Waals surface area contributed by atoms with Crippen molar-refractivity contribution in [2.45, 2.75) is 45.7 Å². The van der Waals surface area contributed by atoms with Crippen LogP contribution in [0.15, 0.2) is 0 Å². The van der Waals surface area contributed by atoms with Crippen molar-refractivity contribution in [1.82, 2.24) is 4.90 Å². The van der Waals surface area contributed by atoms with E-state index in [9.17, 15) is 0 Å². The molecule has 0 saturated heterocycles. The van der Waals surface area contributed by atoms with E-state index in [-0.39, 0.29) is 12.1 Å². The molecule has 13 heavy (non-hydrogen) atoms. The van der Waals surface area contributed by atoms with E-state index < -0.39 is 0 Å². The Balaban J connectivity index is 4.23. The van der Waals surface area contributed by atoms with Gasteiger partial charge in [0.1, 0.15) is 0 Å². The van der Waals surface area contributed by atoms with Crippen LogP contribution in [0, 0.1) is 0 Å². The molecule has 0 aliphatic heterocycles. The summed E-state index contributed by atoms with van der Waals surface area (Å²) in [6, 6.07) is 0.477.